The number of nitrogens with one attached hydrogen (secondary N) is 2. The summed E-state index contributed by atoms with van der Waals surface area (Å²) in [6.45, 7) is 0.220. The fourth-order valence-corrected chi connectivity index (χ4v) is 5.33. The van der Waals surface area contributed by atoms with E-state index in [1.165, 1.54) is 0 Å². The molecule has 2 bridgehead atoms. The van der Waals surface area contributed by atoms with Gasteiger partial charge in [-0.1, -0.05) is 6.07 Å². The second-order valence-electron chi connectivity index (χ2n) is 8.23. The molecule has 0 radical (unpaired) electrons. The van der Waals surface area contributed by atoms with Crippen molar-refractivity contribution in [1.82, 2.24) is 10.2 Å². The maximum absolute atomic E-state index is 12.7. The molecule has 3 amide bonds. The van der Waals surface area contributed by atoms with E-state index in [4.69, 9.17) is 4.74 Å². The molecule has 3 fully saturated rings. The molecule has 0 aromatic heterocycles. The molecule has 0 unspecified atom stereocenters. The molecule has 2 aliphatic heterocycles. The van der Waals surface area contributed by atoms with Gasteiger partial charge in [0.25, 0.3) is 0 Å². The molecular formula is C20H23N3O5. The predicted octanol–water partition coefficient (Wildman–Crippen LogP) is 0.457. The number of imide groups is 1. The van der Waals surface area contributed by atoms with Crippen molar-refractivity contribution in [3.63, 3.8) is 0 Å². The van der Waals surface area contributed by atoms with Crippen LogP contribution >= 0.6 is 0 Å². The number of likely N-dealkylation sites (tertiary alicyclic amines) is 1. The smallest absolute Gasteiger partial charge is 0.240 e. The first-order chi connectivity index (χ1) is 13.5. The molecule has 0 spiro atoms. The molecule has 4 aliphatic rings. The highest BCUT2D eigenvalue weighted by atomic mass is 16.5. The fraction of sp³-hybridized carbons (Fsp3) is 0.550. The van der Waals surface area contributed by atoms with E-state index in [1.807, 2.05) is 6.07 Å². The summed E-state index contributed by atoms with van der Waals surface area (Å²) in [7, 11) is 0. The maximum atomic E-state index is 12.7. The van der Waals surface area contributed by atoms with Gasteiger partial charge in [-0.25, -0.2) is 0 Å². The van der Waals surface area contributed by atoms with Crippen molar-refractivity contribution >= 4 is 23.4 Å². The van der Waals surface area contributed by atoms with Crippen LogP contribution in [0.3, 0.4) is 0 Å². The van der Waals surface area contributed by atoms with Gasteiger partial charge in [0.1, 0.15) is 18.9 Å². The Balaban J connectivity index is 1.19. The van der Waals surface area contributed by atoms with Crippen molar-refractivity contribution in [1.29, 1.82) is 0 Å². The number of aliphatic hydroxyl groups is 1. The molecule has 1 aromatic rings. The zero-order valence-corrected chi connectivity index (χ0v) is 15.4. The van der Waals surface area contributed by atoms with E-state index < -0.39 is 6.23 Å². The highest BCUT2D eigenvalue weighted by molar-refractivity contribution is 6.08. The second kappa shape index (κ2) is 6.48. The van der Waals surface area contributed by atoms with E-state index in [9.17, 15) is 19.5 Å². The van der Waals surface area contributed by atoms with E-state index >= 15 is 0 Å². The van der Waals surface area contributed by atoms with Crippen molar-refractivity contribution in [2.24, 2.45) is 23.7 Å². The lowest BCUT2D eigenvalue weighted by atomic mass is 9.81. The van der Waals surface area contributed by atoms with Gasteiger partial charge in [-0.3, -0.25) is 19.3 Å². The van der Waals surface area contributed by atoms with Crippen LogP contribution < -0.4 is 15.4 Å². The van der Waals surface area contributed by atoms with Gasteiger partial charge in [0.2, 0.25) is 17.7 Å². The largest absolute Gasteiger partial charge is 0.487 e. The number of ether oxygens (including phenoxy) is 1. The number of benzene rings is 1. The number of carbonyl (C=O) groups is 3. The summed E-state index contributed by atoms with van der Waals surface area (Å²) in [5, 5.41) is 15.2. The zero-order chi connectivity index (χ0) is 19.4. The first kappa shape index (κ1) is 17.5. The molecule has 8 heteroatoms. The van der Waals surface area contributed by atoms with Gasteiger partial charge in [-0.2, -0.15) is 0 Å². The van der Waals surface area contributed by atoms with Gasteiger partial charge in [0.05, 0.1) is 17.5 Å². The van der Waals surface area contributed by atoms with Crippen LogP contribution in [0.2, 0.25) is 0 Å². The minimum absolute atomic E-state index is 0.159. The quantitative estimate of drug-likeness (QED) is 0.650. The van der Waals surface area contributed by atoms with Crippen LogP contribution in [0.4, 0.5) is 5.69 Å². The van der Waals surface area contributed by atoms with Gasteiger partial charge in [0, 0.05) is 6.54 Å². The predicted molar refractivity (Wildman–Crippen MR) is 97.9 cm³/mol. The Bertz CT molecular complexity index is 828. The summed E-state index contributed by atoms with van der Waals surface area (Å²) < 4.78 is 5.46. The topological polar surface area (TPSA) is 108 Å². The monoisotopic (exact) mass is 385 g/mol. The Labute approximate surface area is 162 Å². The van der Waals surface area contributed by atoms with Crippen LogP contribution in [0.25, 0.3) is 0 Å². The molecule has 1 aromatic carbocycles. The first-order valence-corrected chi connectivity index (χ1v) is 9.83. The molecule has 2 saturated carbocycles. The molecule has 3 N–H and O–H groups in total. The van der Waals surface area contributed by atoms with Gasteiger partial charge >= 0.3 is 0 Å². The number of hydrogen-bond acceptors (Lipinski definition) is 6. The minimum Gasteiger partial charge on any atom is -0.487 e. The second-order valence-corrected chi connectivity index (χ2v) is 8.23. The summed E-state index contributed by atoms with van der Waals surface area (Å²) in [6, 6.07) is 5.40. The third-order valence-corrected chi connectivity index (χ3v) is 6.57. The number of fused-ring (bicyclic) bond motifs is 6. The lowest BCUT2D eigenvalue weighted by molar-refractivity contribution is -0.144. The van der Waals surface area contributed by atoms with Crippen LogP contribution in [0, 0.1) is 23.7 Å². The van der Waals surface area contributed by atoms with Gasteiger partial charge in [0.15, 0.2) is 6.23 Å². The van der Waals surface area contributed by atoms with E-state index in [2.05, 4.69) is 10.6 Å². The fourth-order valence-electron chi connectivity index (χ4n) is 5.33. The minimum atomic E-state index is -0.733. The van der Waals surface area contributed by atoms with Gasteiger partial charge in [-0.15, -0.1) is 0 Å². The molecule has 8 nitrogen and oxygen atoms in total. The highest BCUT2D eigenvalue weighted by Crippen LogP contribution is 2.56. The number of anilines is 1. The Kier molecular flexibility index (Phi) is 4.04. The average molecular weight is 385 g/mol. The number of rotatable bonds is 4. The Morgan fingerprint density at radius 1 is 1.21 bits per heavy atom. The SMILES string of the molecule is O=C(CN1C(=O)[C@@H]2[C@@H]3CC[C@@H](C3)[C@@H]2C1=O)NCc1ccc2c(c1)OC[C@@H](O)N2. The number of hydrogen-bond donors (Lipinski definition) is 3. The van der Waals surface area contributed by atoms with Crippen molar-refractivity contribution in [2.75, 3.05) is 18.5 Å². The molecule has 148 valence electrons. The van der Waals surface area contributed by atoms with Gasteiger partial charge in [-0.05, 0) is 48.8 Å². The Morgan fingerprint density at radius 2 is 1.93 bits per heavy atom. The summed E-state index contributed by atoms with van der Waals surface area (Å²) in [4.78, 5) is 38.9. The molecule has 28 heavy (non-hydrogen) atoms. The lowest BCUT2D eigenvalue weighted by Gasteiger charge is -2.24. The van der Waals surface area contributed by atoms with Gasteiger partial charge < -0.3 is 20.5 Å². The standard InChI is InChI=1S/C20H23N3O5/c24-15(21-7-10-1-4-13-14(5-10)28-9-16(25)22-13)8-23-19(26)17-11-2-3-12(6-11)18(17)20(23)27/h1,4-5,11-12,16-18,22,25H,2-3,6-9H2,(H,21,24)/t11-,12+,16-,17-,18+/m1/s1. The third-order valence-electron chi connectivity index (χ3n) is 6.57. The normalized spacial score (nSPS) is 32.6. The van der Waals surface area contributed by atoms with Crippen LogP contribution in [0.5, 0.6) is 5.75 Å². The van der Waals surface area contributed by atoms with Crippen molar-refractivity contribution < 1.29 is 24.2 Å². The molecule has 5 rings (SSSR count). The van der Waals surface area contributed by atoms with Crippen LogP contribution in [0.1, 0.15) is 24.8 Å². The average Bonchev–Trinajstić information content (AvgIpc) is 3.36. The van der Waals surface area contributed by atoms with Crippen LogP contribution in [-0.4, -0.2) is 47.1 Å². The van der Waals surface area contributed by atoms with Crippen LogP contribution in [0.15, 0.2) is 18.2 Å². The van der Waals surface area contributed by atoms with E-state index in [-0.39, 0.29) is 49.3 Å². The zero-order valence-electron chi connectivity index (χ0n) is 15.4. The summed E-state index contributed by atoms with van der Waals surface area (Å²) in [5.74, 6) is 0.198. The van der Waals surface area contributed by atoms with Crippen molar-refractivity contribution in [3.8, 4) is 5.75 Å². The summed E-state index contributed by atoms with van der Waals surface area (Å²) >= 11 is 0. The van der Waals surface area contributed by atoms with Crippen molar-refractivity contribution in [2.45, 2.75) is 32.0 Å². The summed E-state index contributed by atoms with van der Waals surface area (Å²) in [6.07, 6.45) is 2.30. The van der Waals surface area contributed by atoms with E-state index in [0.717, 1.165) is 29.7 Å². The van der Waals surface area contributed by atoms with Crippen LogP contribution in [-0.2, 0) is 20.9 Å². The van der Waals surface area contributed by atoms with E-state index in [0.29, 0.717) is 23.3 Å². The number of nitrogens with zero attached hydrogens (tertiary/aromatic N) is 1. The Hall–Kier alpha value is -2.61. The molecule has 2 heterocycles. The van der Waals surface area contributed by atoms with E-state index in [1.54, 1.807) is 12.1 Å². The number of amides is 3. The lowest BCUT2D eigenvalue weighted by Crippen LogP contribution is -2.41. The summed E-state index contributed by atoms with van der Waals surface area (Å²) in [5.41, 5.74) is 1.53. The number of aliphatic hydroxyl groups excluding tert-OH is 1. The molecule has 1 saturated heterocycles. The number of carbonyl (C=O) groups excluding carboxylic acids is 3. The highest BCUT2D eigenvalue weighted by Gasteiger charge is 2.60. The molecular weight excluding hydrogens is 362 g/mol. The molecule has 5 atom stereocenters. The Morgan fingerprint density at radius 3 is 2.64 bits per heavy atom. The van der Waals surface area contributed by atoms with Crippen molar-refractivity contribution in [3.05, 3.63) is 23.8 Å². The molecule has 2 aliphatic carbocycles. The first-order valence-electron chi connectivity index (χ1n) is 9.83. The maximum Gasteiger partial charge on any atom is 0.240 e. The third kappa shape index (κ3) is 2.74.